The number of carbonyl (C=O) groups excluding carboxylic acids is 1. The van der Waals surface area contributed by atoms with Gasteiger partial charge < -0.3 is 14.8 Å². The van der Waals surface area contributed by atoms with Crippen LogP contribution in [0.2, 0.25) is 0 Å². The molecular weight excluding hydrogens is 384 g/mol. The molecule has 1 aliphatic heterocycles. The van der Waals surface area contributed by atoms with Gasteiger partial charge in [0.15, 0.2) is 0 Å². The lowest BCUT2D eigenvalue weighted by Crippen LogP contribution is -2.39. The van der Waals surface area contributed by atoms with Gasteiger partial charge in [0.1, 0.15) is 17.8 Å². The molecule has 1 N–H and O–H groups in total. The molecule has 3 rings (SSSR count). The van der Waals surface area contributed by atoms with E-state index < -0.39 is 4.92 Å². The molecule has 1 aromatic carbocycles. The minimum atomic E-state index is -0.402. The number of hydrogen-bond acceptors (Lipinski definition) is 6. The van der Waals surface area contributed by atoms with Crippen molar-refractivity contribution in [3.05, 3.63) is 46.0 Å². The van der Waals surface area contributed by atoms with Gasteiger partial charge in [-0.3, -0.25) is 14.9 Å². The van der Waals surface area contributed by atoms with Crippen LogP contribution in [0.1, 0.15) is 56.3 Å². The predicted octanol–water partition coefficient (Wildman–Crippen LogP) is 3.22. The Morgan fingerprint density at radius 3 is 2.63 bits per heavy atom. The number of piperidine rings is 1. The number of carbonyl (C=O) groups is 1. The number of rotatable bonds is 7. The van der Waals surface area contributed by atoms with Crippen molar-refractivity contribution in [3.63, 3.8) is 0 Å². The molecule has 9 heteroatoms. The minimum absolute atomic E-state index is 0.0245. The van der Waals surface area contributed by atoms with Gasteiger partial charge in [0.2, 0.25) is 0 Å². The van der Waals surface area contributed by atoms with Crippen molar-refractivity contribution < 1.29 is 9.72 Å². The SMILES string of the molecule is CC1CC(C)CN(c2ccc(C(=O)NCCc3nncn3C(C)C)cc2[N+](=O)[O-])C1. The van der Waals surface area contributed by atoms with Gasteiger partial charge in [-0.15, -0.1) is 10.2 Å². The number of nitro groups is 1. The molecular formula is C21H30N6O3. The van der Waals surface area contributed by atoms with Gasteiger partial charge in [0.25, 0.3) is 11.6 Å². The zero-order valence-corrected chi connectivity index (χ0v) is 18.0. The highest BCUT2D eigenvalue weighted by Crippen LogP contribution is 2.33. The van der Waals surface area contributed by atoms with Crippen LogP contribution in [-0.2, 0) is 6.42 Å². The Hall–Kier alpha value is -2.97. The summed E-state index contributed by atoms with van der Waals surface area (Å²) < 4.78 is 1.95. The molecule has 30 heavy (non-hydrogen) atoms. The van der Waals surface area contributed by atoms with E-state index in [1.807, 2.05) is 18.4 Å². The fourth-order valence-electron chi connectivity index (χ4n) is 4.20. The second kappa shape index (κ2) is 9.23. The molecule has 9 nitrogen and oxygen atoms in total. The van der Waals surface area contributed by atoms with E-state index in [0.29, 0.717) is 30.5 Å². The second-order valence-corrected chi connectivity index (χ2v) is 8.57. The maximum atomic E-state index is 12.6. The van der Waals surface area contributed by atoms with Gasteiger partial charge in [0, 0.05) is 43.7 Å². The van der Waals surface area contributed by atoms with Gasteiger partial charge in [-0.1, -0.05) is 13.8 Å². The smallest absolute Gasteiger partial charge is 0.293 e. The van der Waals surface area contributed by atoms with Crippen LogP contribution in [0.3, 0.4) is 0 Å². The Morgan fingerprint density at radius 2 is 2.00 bits per heavy atom. The Morgan fingerprint density at radius 1 is 1.30 bits per heavy atom. The van der Waals surface area contributed by atoms with Crippen LogP contribution in [0.25, 0.3) is 0 Å². The number of benzene rings is 1. The van der Waals surface area contributed by atoms with Gasteiger partial charge in [-0.2, -0.15) is 0 Å². The molecule has 2 heterocycles. The average molecular weight is 415 g/mol. The largest absolute Gasteiger partial charge is 0.365 e. The number of nitro benzene ring substituents is 1. The number of nitrogens with zero attached hydrogens (tertiary/aromatic N) is 5. The average Bonchev–Trinajstić information content (AvgIpc) is 3.15. The summed E-state index contributed by atoms with van der Waals surface area (Å²) in [4.78, 5) is 25.9. The molecule has 1 fully saturated rings. The molecule has 0 aliphatic carbocycles. The van der Waals surface area contributed by atoms with E-state index >= 15 is 0 Å². The van der Waals surface area contributed by atoms with Gasteiger partial charge in [-0.25, -0.2) is 0 Å². The zero-order chi connectivity index (χ0) is 21.8. The van der Waals surface area contributed by atoms with Crippen molar-refractivity contribution in [2.24, 2.45) is 11.8 Å². The summed E-state index contributed by atoms with van der Waals surface area (Å²) in [5, 5.41) is 22.5. The third-order valence-electron chi connectivity index (χ3n) is 5.48. The monoisotopic (exact) mass is 414 g/mol. The quantitative estimate of drug-likeness (QED) is 0.551. The maximum Gasteiger partial charge on any atom is 0.293 e. The maximum absolute atomic E-state index is 12.6. The molecule has 0 bridgehead atoms. The van der Waals surface area contributed by atoms with E-state index in [1.165, 1.54) is 6.07 Å². The molecule has 1 amide bonds. The van der Waals surface area contributed by atoms with E-state index in [9.17, 15) is 14.9 Å². The van der Waals surface area contributed by atoms with E-state index in [0.717, 1.165) is 25.3 Å². The fourth-order valence-corrected chi connectivity index (χ4v) is 4.20. The highest BCUT2D eigenvalue weighted by Gasteiger charge is 2.27. The molecule has 1 aromatic heterocycles. The number of nitrogens with one attached hydrogen (secondary N) is 1. The first kappa shape index (κ1) is 21.7. The van der Waals surface area contributed by atoms with E-state index in [4.69, 9.17) is 0 Å². The zero-order valence-electron chi connectivity index (χ0n) is 18.0. The normalized spacial score (nSPS) is 19.2. The van der Waals surface area contributed by atoms with Gasteiger partial charge >= 0.3 is 0 Å². The van der Waals surface area contributed by atoms with Crippen LogP contribution in [0.4, 0.5) is 11.4 Å². The molecule has 2 aromatic rings. The predicted molar refractivity (Wildman–Crippen MR) is 115 cm³/mol. The number of anilines is 1. The molecule has 0 saturated carbocycles. The van der Waals surface area contributed by atoms with Crippen molar-refractivity contribution >= 4 is 17.3 Å². The molecule has 2 unspecified atom stereocenters. The van der Waals surface area contributed by atoms with E-state index in [2.05, 4.69) is 34.3 Å². The number of aromatic nitrogens is 3. The van der Waals surface area contributed by atoms with Crippen LogP contribution in [0.5, 0.6) is 0 Å². The summed E-state index contributed by atoms with van der Waals surface area (Å²) in [5.41, 5.74) is 0.845. The van der Waals surface area contributed by atoms with Crippen molar-refractivity contribution in [1.29, 1.82) is 0 Å². The van der Waals surface area contributed by atoms with Crippen molar-refractivity contribution in [1.82, 2.24) is 20.1 Å². The topological polar surface area (TPSA) is 106 Å². The third kappa shape index (κ3) is 4.95. The lowest BCUT2D eigenvalue weighted by atomic mass is 9.91. The lowest BCUT2D eigenvalue weighted by Gasteiger charge is -2.36. The summed E-state index contributed by atoms with van der Waals surface area (Å²) >= 11 is 0. The van der Waals surface area contributed by atoms with Crippen molar-refractivity contribution in [2.45, 2.75) is 46.6 Å². The molecule has 1 saturated heterocycles. The van der Waals surface area contributed by atoms with Crippen LogP contribution in [0, 0.1) is 22.0 Å². The molecule has 2 atom stereocenters. The molecule has 1 aliphatic rings. The Balaban J connectivity index is 1.70. The fraction of sp³-hybridized carbons (Fsp3) is 0.571. The highest BCUT2D eigenvalue weighted by molar-refractivity contribution is 5.95. The van der Waals surface area contributed by atoms with Crippen molar-refractivity contribution in [3.8, 4) is 0 Å². The van der Waals surface area contributed by atoms with Crippen LogP contribution in [-0.4, -0.2) is 45.2 Å². The number of amides is 1. The summed E-state index contributed by atoms with van der Waals surface area (Å²) in [5.74, 6) is 1.41. The van der Waals surface area contributed by atoms with Crippen molar-refractivity contribution in [2.75, 3.05) is 24.5 Å². The first-order chi connectivity index (χ1) is 14.3. The summed E-state index contributed by atoms with van der Waals surface area (Å²) in [6.45, 7) is 10.3. The standard InChI is InChI=1S/C21H30N6O3/c1-14(2)26-13-23-24-20(26)7-8-22-21(28)17-5-6-18(19(10-17)27(29)30)25-11-15(3)9-16(4)12-25/h5-6,10,13-16H,7-9,11-12H2,1-4H3,(H,22,28). The summed E-state index contributed by atoms with van der Waals surface area (Å²) in [6.07, 6.45) is 3.33. The minimum Gasteiger partial charge on any atom is -0.365 e. The molecule has 162 valence electrons. The Kier molecular flexibility index (Phi) is 6.69. The van der Waals surface area contributed by atoms with Gasteiger partial charge in [0.05, 0.1) is 4.92 Å². The van der Waals surface area contributed by atoms with Crippen LogP contribution in [0.15, 0.2) is 24.5 Å². The second-order valence-electron chi connectivity index (χ2n) is 8.57. The van der Waals surface area contributed by atoms with Crippen LogP contribution < -0.4 is 10.2 Å². The van der Waals surface area contributed by atoms with E-state index in [1.54, 1.807) is 18.5 Å². The highest BCUT2D eigenvalue weighted by atomic mass is 16.6. The van der Waals surface area contributed by atoms with E-state index in [-0.39, 0.29) is 23.2 Å². The third-order valence-corrected chi connectivity index (χ3v) is 5.48. The van der Waals surface area contributed by atoms with Crippen LogP contribution >= 0.6 is 0 Å². The lowest BCUT2D eigenvalue weighted by molar-refractivity contribution is -0.384. The number of hydrogen-bond donors (Lipinski definition) is 1. The van der Waals surface area contributed by atoms with Gasteiger partial charge in [-0.05, 0) is 44.2 Å². The first-order valence-electron chi connectivity index (χ1n) is 10.5. The first-order valence-corrected chi connectivity index (χ1v) is 10.5. The Bertz CT molecular complexity index is 900. The molecule has 0 spiro atoms. The summed E-state index contributed by atoms with van der Waals surface area (Å²) in [7, 11) is 0. The summed E-state index contributed by atoms with van der Waals surface area (Å²) in [6, 6.07) is 4.98. The Labute approximate surface area is 176 Å². The molecule has 0 radical (unpaired) electrons.